The third-order valence-corrected chi connectivity index (χ3v) is 5.71. The van der Waals surface area contributed by atoms with E-state index in [-0.39, 0.29) is 11.7 Å². The van der Waals surface area contributed by atoms with E-state index in [1.54, 1.807) is 13.3 Å². The molecule has 1 aliphatic rings. The molecule has 0 amide bonds. The van der Waals surface area contributed by atoms with E-state index in [1.165, 1.54) is 5.56 Å². The molecule has 0 fully saturated rings. The fraction of sp³-hybridized carbons (Fsp3) is 0.316. The molecule has 10 heteroatoms. The summed E-state index contributed by atoms with van der Waals surface area (Å²) >= 11 is 0. The van der Waals surface area contributed by atoms with Crippen LogP contribution in [0.5, 0.6) is 0 Å². The summed E-state index contributed by atoms with van der Waals surface area (Å²) in [4.78, 5) is 26.4. The molecule has 0 saturated heterocycles. The van der Waals surface area contributed by atoms with Crippen molar-refractivity contribution in [1.82, 2.24) is 9.97 Å². The molecular weight excluding hydrogens is 398 g/mol. The first-order valence-electron chi connectivity index (χ1n) is 8.98. The summed E-state index contributed by atoms with van der Waals surface area (Å²) in [6.07, 6.45) is 7.66. The van der Waals surface area contributed by atoms with Gasteiger partial charge in [-0.1, -0.05) is 12.1 Å². The number of imidazole rings is 1. The number of carboxylic acid groups (broad SMARTS) is 2. The molecule has 1 atom stereocenters. The Hall–Kier alpha value is -3.14. The van der Waals surface area contributed by atoms with E-state index in [1.807, 2.05) is 18.3 Å². The number of hydrogen-bond donors (Lipinski definition) is 4. The lowest BCUT2D eigenvalue weighted by Crippen LogP contribution is -2.19. The molecule has 0 spiro atoms. The lowest BCUT2D eigenvalue weighted by atomic mass is 9.80. The van der Waals surface area contributed by atoms with Crippen LogP contribution in [0.2, 0.25) is 0 Å². The van der Waals surface area contributed by atoms with Crippen molar-refractivity contribution < 1.29 is 28.2 Å². The highest BCUT2D eigenvalue weighted by atomic mass is 32.2. The number of nitrogens with zero attached hydrogens (tertiary/aromatic N) is 1. The van der Waals surface area contributed by atoms with E-state index in [4.69, 9.17) is 10.2 Å². The molecule has 1 heterocycles. The molecule has 3 rings (SSSR count). The number of aromatic nitrogens is 2. The number of carboxylic acids is 2. The van der Waals surface area contributed by atoms with E-state index in [9.17, 15) is 18.0 Å². The maximum Gasteiger partial charge on any atom is 0.328 e. The topological polar surface area (TPSA) is 149 Å². The Labute approximate surface area is 168 Å². The van der Waals surface area contributed by atoms with Crippen LogP contribution in [-0.4, -0.2) is 46.3 Å². The van der Waals surface area contributed by atoms with Gasteiger partial charge in [0.2, 0.25) is 10.0 Å². The van der Waals surface area contributed by atoms with Crippen LogP contribution in [0.25, 0.3) is 0 Å². The Morgan fingerprint density at radius 3 is 2.52 bits per heavy atom. The van der Waals surface area contributed by atoms with Gasteiger partial charge in [0, 0.05) is 30.0 Å². The molecule has 0 radical (unpaired) electrons. The number of benzene rings is 1. The second-order valence-corrected chi connectivity index (χ2v) is 8.35. The number of anilines is 1. The van der Waals surface area contributed by atoms with Crippen molar-refractivity contribution in [2.45, 2.75) is 32.1 Å². The third kappa shape index (κ3) is 6.46. The summed E-state index contributed by atoms with van der Waals surface area (Å²) in [6.45, 7) is 1.64. The van der Waals surface area contributed by atoms with Gasteiger partial charge < -0.3 is 15.2 Å². The molecule has 1 aromatic heterocycles. The van der Waals surface area contributed by atoms with Crippen molar-refractivity contribution >= 4 is 27.6 Å². The van der Waals surface area contributed by atoms with Crippen molar-refractivity contribution in [3.8, 4) is 0 Å². The predicted octanol–water partition coefficient (Wildman–Crippen LogP) is 2.35. The summed E-state index contributed by atoms with van der Waals surface area (Å²) in [6, 6.07) is 5.85. The predicted molar refractivity (Wildman–Crippen MR) is 107 cm³/mol. The van der Waals surface area contributed by atoms with Crippen molar-refractivity contribution in [3.63, 3.8) is 0 Å². The number of nitrogens with one attached hydrogen (secondary N) is 2. The Morgan fingerprint density at radius 1 is 1.28 bits per heavy atom. The molecular formula is C19H23N3O6S. The highest BCUT2D eigenvalue weighted by Gasteiger charge is 2.25. The van der Waals surface area contributed by atoms with Crippen LogP contribution in [-0.2, 0) is 26.0 Å². The molecule has 4 N–H and O–H groups in total. The zero-order valence-electron chi connectivity index (χ0n) is 15.8. The zero-order valence-corrected chi connectivity index (χ0v) is 16.6. The van der Waals surface area contributed by atoms with Gasteiger partial charge in [0.25, 0.3) is 0 Å². The van der Waals surface area contributed by atoms with Crippen LogP contribution in [0.1, 0.15) is 42.5 Å². The van der Waals surface area contributed by atoms with Crippen molar-refractivity contribution in [3.05, 3.63) is 59.7 Å². The fourth-order valence-electron chi connectivity index (χ4n) is 3.11. The van der Waals surface area contributed by atoms with E-state index >= 15 is 0 Å². The normalized spacial score (nSPS) is 15.8. The second-order valence-electron chi connectivity index (χ2n) is 6.34. The highest BCUT2D eigenvalue weighted by molar-refractivity contribution is 7.92. The standard InChI is InChI=1S/C15H19N3O2S.C4H4O4/c1-2-21(19,20)18-14-8-4-5-11-12(14)6-3-7-13(11)15-9-16-10-17-15;5-3(6)1-2-4(7)8/h4-5,8-10,13,18H,2-3,6-7H2,1H3,(H,16,17);1-2H,(H,5,6)(H,7,8). The van der Waals surface area contributed by atoms with Crippen molar-refractivity contribution in [1.29, 1.82) is 0 Å². The van der Waals surface area contributed by atoms with Crippen molar-refractivity contribution in [2.24, 2.45) is 0 Å². The fourth-order valence-corrected chi connectivity index (χ4v) is 3.78. The van der Waals surface area contributed by atoms with Gasteiger partial charge in [-0.15, -0.1) is 0 Å². The van der Waals surface area contributed by atoms with Crippen LogP contribution < -0.4 is 4.72 Å². The number of fused-ring (bicyclic) bond motifs is 1. The van der Waals surface area contributed by atoms with E-state index in [0.29, 0.717) is 12.2 Å². The molecule has 156 valence electrons. The van der Waals surface area contributed by atoms with Gasteiger partial charge in [0.1, 0.15) is 0 Å². The van der Waals surface area contributed by atoms with Crippen molar-refractivity contribution in [2.75, 3.05) is 10.5 Å². The van der Waals surface area contributed by atoms with Gasteiger partial charge in [-0.25, -0.2) is 23.0 Å². The molecule has 0 bridgehead atoms. The minimum absolute atomic E-state index is 0.0840. The van der Waals surface area contributed by atoms with E-state index in [0.717, 1.165) is 36.2 Å². The maximum absolute atomic E-state index is 11.8. The van der Waals surface area contributed by atoms with Crippen LogP contribution in [0.4, 0.5) is 5.69 Å². The second kappa shape index (κ2) is 9.87. The third-order valence-electron chi connectivity index (χ3n) is 4.42. The molecule has 1 aliphatic carbocycles. The number of rotatable bonds is 6. The first-order chi connectivity index (χ1) is 13.7. The molecule has 29 heavy (non-hydrogen) atoms. The Kier molecular flexibility index (Phi) is 7.54. The molecule has 9 nitrogen and oxygen atoms in total. The smallest absolute Gasteiger partial charge is 0.328 e. The van der Waals surface area contributed by atoms with Gasteiger partial charge in [-0.2, -0.15) is 0 Å². The lowest BCUT2D eigenvalue weighted by molar-refractivity contribution is -0.134. The SMILES string of the molecule is CCS(=O)(=O)Nc1cccc2c1CCCC2c1cnc[nH]1.O=C(O)C=CC(=O)O. The van der Waals surface area contributed by atoms with E-state index in [2.05, 4.69) is 20.8 Å². The lowest BCUT2D eigenvalue weighted by Gasteiger charge is -2.26. The van der Waals surface area contributed by atoms with Gasteiger partial charge >= 0.3 is 11.9 Å². The van der Waals surface area contributed by atoms with Crippen LogP contribution >= 0.6 is 0 Å². The average molecular weight is 421 g/mol. The Bertz CT molecular complexity index is 967. The summed E-state index contributed by atoms with van der Waals surface area (Å²) in [5.41, 5.74) is 4.12. The maximum atomic E-state index is 11.8. The summed E-state index contributed by atoms with van der Waals surface area (Å²) < 4.78 is 26.4. The first-order valence-corrected chi connectivity index (χ1v) is 10.6. The minimum Gasteiger partial charge on any atom is -0.478 e. The summed E-state index contributed by atoms with van der Waals surface area (Å²) in [5, 5.41) is 15.6. The molecule has 1 aromatic carbocycles. The quantitative estimate of drug-likeness (QED) is 0.523. The van der Waals surface area contributed by atoms with Crippen LogP contribution in [0, 0.1) is 0 Å². The summed E-state index contributed by atoms with van der Waals surface area (Å²) in [7, 11) is -3.25. The minimum atomic E-state index is -3.25. The number of aliphatic carboxylic acids is 2. The van der Waals surface area contributed by atoms with Gasteiger partial charge in [-0.05, 0) is 43.4 Å². The molecule has 0 saturated carbocycles. The molecule has 2 aromatic rings. The van der Waals surface area contributed by atoms with Gasteiger partial charge in [-0.3, -0.25) is 4.72 Å². The Balaban J connectivity index is 0.000000321. The van der Waals surface area contributed by atoms with Crippen LogP contribution in [0.15, 0.2) is 42.9 Å². The van der Waals surface area contributed by atoms with Gasteiger partial charge in [0.05, 0.1) is 17.8 Å². The Morgan fingerprint density at radius 2 is 1.97 bits per heavy atom. The monoisotopic (exact) mass is 421 g/mol. The highest BCUT2D eigenvalue weighted by Crippen LogP contribution is 2.38. The average Bonchev–Trinajstić information content (AvgIpc) is 3.21. The number of aromatic amines is 1. The number of H-pyrrole nitrogens is 1. The van der Waals surface area contributed by atoms with E-state index < -0.39 is 22.0 Å². The zero-order chi connectivity index (χ0) is 21.4. The summed E-state index contributed by atoms with van der Waals surface area (Å²) in [5.74, 6) is -2.16. The number of carbonyl (C=O) groups is 2. The number of hydrogen-bond acceptors (Lipinski definition) is 5. The first kappa shape index (κ1) is 22.2. The van der Waals surface area contributed by atoms with Gasteiger partial charge in [0.15, 0.2) is 0 Å². The van der Waals surface area contributed by atoms with Crippen LogP contribution in [0.3, 0.4) is 0 Å². The largest absolute Gasteiger partial charge is 0.478 e. The number of sulfonamides is 1. The molecule has 0 aliphatic heterocycles. The molecule has 1 unspecified atom stereocenters.